The van der Waals surface area contributed by atoms with Crippen LogP contribution in [0.4, 0.5) is 5.69 Å². The number of nitrogens with zero attached hydrogens (tertiary/aromatic N) is 1. The monoisotopic (exact) mass is 225 g/mol. The molecule has 2 atom stereocenters. The number of aliphatic carboxylic acids is 1. The summed E-state index contributed by atoms with van der Waals surface area (Å²) in [5.74, 6) is -1.22. The first-order chi connectivity index (χ1) is 7.43. The van der Waals surface area contributed by atoms with Gasteiger partial charge in [0.2, 0.25) is 0 Å². The Morgan fingerprint density at radius 1 is 1.31 bits per heavy atom. The van der Waals surface area contributed by atoms with E-state index in [0.717, 1.165) is 0 Å². The van der Waals surface area contributed by atoms with Gasteiger partial charge in [0.05, 0.1) is 11.0 Å². The molecule has 0 bridgehead atoms. The van der Waals surface area contributed by atoms with Crippen LogP contribution in [-0.2, 0) is 4.79 Å². The van der Waals surface area contributed by atoms with Gasteiger partial charge in [0.1, 0.15) is 6.04 Å². The summed E-state index contributed by atoms with van der Waals surface area (Å²) in [5.41, 5.74) is 11.3. The molecule has 0 aromatic heterocycles. The Labute approximate surface area is 90.8 Å². The van der Waals surface area contributed by atoms with Gasteiger partial charge in [-0.1, -0.05) is 12.1 Å². The molecular formula is C9H11N3O4. The second-order valence-corrected chi connectivity index (χ2v) is 3.24. The lowest BCUT2D eigenvalue weighted by atomic mass is 10.0. The number of rotatable bonds is 4. The third-order valence-corrected chi connectivity index (χ3v) is 2.16. The van der Waals surface area contributed by atoms with Crippen LogP contribution in [0.2, 0.25) is 0 Å². The fourth-order valence-corrected chi connectivity index (χ4v) is 1.18. The van der Waals surface area contributed by atoms with E-state index in [1.54, 1.807) is 0 Å². The first kappa shape index (κ1) is 12.1. The highest BCUT2D eigenvalue weighted by Gasteiger charge is 2.22. The summed E-state index contributed by atoms with van der Waals surface area (Å²) in [4.78, 5) is 20.4. The maximum atomic E-state index is 10.6. The lowest BCUT2D eigenvalue weighted by molar-refractivity contribution is -0.384. The van der Waals surface area contributed by atoms with Crippen molar-refractivity contribution in [3.8, 4) is 0 Å². The van der Waals surface area contributed by atoms with Gasteiger partial charge >= 0.3 is 5.97 Å². The molecule has 0 spiro atoms. The number of nitro benzene ring substituents is 1. The fraction of sp³-hybridized carbons (Fsp3) is 0.222. The van der Waals surface area contributed by atoms with E-state index in [2.05, 4.69) is 0 Å². The molecule has 0 saturated carbocycles. The Kier molecular flexibility index (Phi) is 3.54. The van der Waals surface area contributed by atoms with Gasteiger partial charge in [-0.15, -0.1) is 0 Å². The van der Waals surface area contributed by atoms with E-state index < -0.39 is 23.0 Å². The highest BCUT2D eigenvalue weighted by molar-refractivity contribution is 5.74. The second-order valence-electron chi connectivity index (χ2n) is 3.24. The van der Waals surface area contributed by atoms with E-state index in [1.165, 1.54) is 24.3 Å². The van der Waals surface area contributed by atoms with Crippen LogP contribution >= 0.6 is 0 Å². The Morgan fingerprint density at radius 3 is 2.19 bits per heavy atom. The van der Waals surface area contributed by atoms with Crippen molar-refractivity contribution in [3.63, 3.8) is 0 Å². The zero-order valence-electron chi connectivity index (χ0n) is 8.24. The van der Waals surface area contributed by atoms with Crippen LogP contribution in [-0.4, -0.2) is 22.0 Å². The topological polar surface area (TPSA) is 132 Å². The number of non-ortho nitro benzene ring substituents is 1. The Bertz CT molecular complexity index is 404. The minimum atomic E-state index is -1.23. The zero-order valence-corrected chi connectivity index (χ0v) is 8.24. The average Bonchev–Trinajstić information content (AvgIpc) is 2.27. The van der Waals surface area contributed by atoms with E-state index in [-0.39, 0.29) is 5.69 Å². The summed E-state index contributed by atoms with van der Waals surface area (Å²) in [6.07, 6.45) is 0. The Morgan fingerprint density at radius 2 is 1.81 bits per heavy atom. The normalized spacial score (nSPS) is 14.1. The highest BCUT2D eigenvalue weighted by Crippen LogP contribution is 2.17. The van der Waals surface area contributed by atoms with Crippen LogP contribution in [0.25, 0.3) is 0 Å². The molecule has 0 unspecified atom stereocenters. The molecule has 86 valence electrons. The van der Waals surface area contributed by atoms with E-state index in [4.69, 9.17) is 16.6 Å². The molecule has 0 amide bonds. The first-order valence-corrected chi connectivity index (χ1v) is 4.42. The summed E-state index contributed by atoms with van der Waals surface area (Å²) < 4.78 is 0. The van der Waals surface area contributed by atoms with Crippen molar-refractivity contribution in [2.75, 3.05) is 0 Å². The minimum Gasteiger partial charge on any atom is -0.480 e. The smallest absolute Gasteiger partial charge is 0.322 e. The van der Waals surface area contributed by atoms with Gasteiger partial charge in [0.25, 0.3) is 5.69 Å². The molecular weight excluding hydrogens is 214 g/mol. The van der Waals surface area contributed by atoms with Crippen molar-refractivity contribution in [1.82, 2.24) is 0 Å². The molecule has 7 heteroatoms. The number of carbonyl (C=O) groups is 1. The summed E-state index contributed by atoms with van der Waals surface area (Å²) in [6.45, 7) is 0. The first-order valence-electron chi connectivity index (χ1n) is 4.42. The number of hydrogen-bond acceptors (Lipinski definition) is 5. The quantitative estimate of drug-likeness (QED) is 0.488. The highest BCUT2D eigenvalue weighted by atomic mass is 16.6. The van der Waals surface area contributed by atoms with Crippen molar-refractivity contribution in [1.29, 1.82) is 0 Å². The largest absolute Gasteiger partial charge is 0.480 e. The number of carboxylic acids is 1. The summed E-state index contributed by atoms with van der Waals surface area (Å²) in [7, 11) is 0. The van der Waals surface area contributed by atoms with Gasteiger partial charge in [0.15, 0.2) is 0 Å². The van der Waals surface area contributed by atoms with Crippen molar-refractivity contribution in [3.05, 3.63) is 39.9 Å². The van der Waals surface area contributed by atoms with Crippen molar-refractivity contribution in [2.45, 2.75) is 12.1 Å². The summed E-state index contributed by atoms with van der Waals surface area (Å²) in [5, 5.41) is 19.0. The van der Waals surface area contributed by atoms with Gasteiger partial charge in [0, 0.05) is 12.1 Å². The third kappa shape index (κ3) is 2.53. The molecule has 0 saturated heterocycles. The van der Waals surface area contributed by atoms with Crippen molar-refractivity contribution >= 4 is 11.7 Å². The summed E-state index contributed by atoms with van der Waals surface area (Å²) in [6, 6.07) is 3.17. The van der Waals surface area contributed by atoms with Crippen LogP contribution in [0.3, 0.4) is 0 Å². The van der Waals surface area contributed by atoms with E-state index >= 15 is 0 Å². The molecule has 0 fully saturated rings. The Hall–Kier alpha value is -1.99. The molecule has 1 rings (SSSR count). The van der Waals surface area contributed by atoms with Crippen molar-refractivity contribution in [2.24, 2.45) is 11.5 Å². The SMILES string of the molecule is N[C@H](C(=O)O)[C@H](N)c1ccc([N+](=O)[O-])cc1. The molecule has 0 aliphatic heterocycles. The van der Waals surface area contributed by atoms with Crippen LogP contribution in [0.5, 0.6) is 0 Å². The molecule has 16 heavy (non-hydrogen) atoms. The minimum absolute atomic E-state index is 0.0835. The molecule has 1 aromatic rings. The van der Waals surface area contributed by atoms with Gasteiger partial charge in [-0.2, -0.15) is 0 Å². The van der Waals surface area contributed by atoms with Gasteiger partial charge in [-0.25, -0.2) is 0 Å². The van der Waals surface area contributed by atoms with Crippen LogP contribution in [0.15, 0.2) is 24.3 Å². The van der Waals surface area contributed by atoms with Gasteiger partial charge < -0.3 is 16.6 Å². The number of hydrogen-bond donors (Lipinski definition) is 3. The lowest BCUT2D eigenvalue weighted by Crippen LogP contribution is -2.40. The third-order valence-electron chi connectivity index (χ3n) is 2.16. The van der Waals surface area contributed by atoms with Crippen LogP contribution in [0, 0.1) is 10.1 Å². The van der Waals surface area contributed by atoms with E-state index in [1.807, 2.05) is 0 Å². The van der Waals surface area contributed by atoms with E-state index in [9.17, 15) is 14.9 Å². The average molecular weight is 225 g/mol. The molecule has 0 heterocycles. The molecule has 0 aliphatic carbocycles. The van der Waals surface area contributed by atoms with E-state index in [0.29, 0.717) is 5.56 Å². The number of nitrogens with two attached hydrogens (primary N) is 2. The standard InChI is InChI=1S/C9H11N3O4/c10-7(8(11)9(13)14)5-1-3-6(4-2-5)12(15)16/h1-4,7-8H,10-11H2,(H,13,14)/t7-,8+/m1/s1. The molecule has 0 aliphatic rings. The summed E-state index contributed by atoms with van der Waals surface area (Å²) >= 11 is 0. The predicted octanol–water partition coefficient (Wildman–Crippen LogP) is 0.00650. The van der Waals surface area contributed by atoms with Crippen LogP contribution in [0.1, 0.15) is 11.6 Å². The molecule has 7 nitrogen and oxygen atoms in total. The number of benzene rings is 1. The van der Waals surface area contributed by atoms with Gasteiger partial charge in [-0.05, 0) is 5.56 Å². The molecule has 1 aromatic carbocycles. The van der Waals surface area contributed by atoms with Crippen LogP contribution < -0.4 is 11.5 Å². The van der Waals surface area contributed by atoms with Crippen molar-refractivity contribution < 1.29 is 14.8 Å². The molecule has 5 N–H and O–H groups in total. The second kappa shape index (κ2) is 4.69. The Balaban J connectivity index is 2.89. The number of carboxylic acid groups (broad SMARTS) is 1. The lowest BCUT2D eigenvalue weighted by Gasteiger charge is -2.15. The fourth-order valence-electron chi connectivity index (χ4n) is 1.18. The number of nitro groups is 1. The predicted molar refractivity (Wildman–Crippen MR) is 55.6 cm³/mol. The maximum Gasteiger partial charge on any atom is 0.322 e. The zero-order chi connectivity index (χ0) is 12.3. The molecule has 0 radical (unpaired) electrons. The maximum absolute atomic E-state index is 10.6. The van der Waals surface area contributed by atoms with Gasteiger partial charge in [-0.3, -0.25) is 14.9 Å².